The summed E-state index contributed by atoms with van der Waals surface area (Å²) >= 11 is 0. The van der Waals surface area contributed by atoms with Gasteiger partial charge in [-0.3, -0.25) is 4.79 Å². The number of oxazole rings is 1. The summed E-state index contributed by atoms with van der Waals surface area (Å²) in [6, 6.07) is 9.30. The molecule has 194 valence electrons. The van der Waals surface area contributed by atoms with E-state index in [0.717, 1.165) is 11.6 Å². The van der Waals surface area contributed by atoms with Crippen LogP contribution in [0.2, 0.25) is 0 Å². The lowest BCUT2D eigenvalue weighted by molar-refractivity contribution is -0.141. The third-order valence-electron chi connectivity index (χ3n) is 5.91. The van der Waals surface area contributed by atoms with E-state index in [1.807, 2.05) is 0 Å². The van der Waals surface area contributed by atoms with Crippen LogP contribution in [0.5, 0.6) is 0 Å². The zero-order valence-electron chi connectivity index (χ0n) is 20.5. The Hall–Kier alpha value is -3.96. The highest BCUT2D eigenvalue weighted by Gasteiger charge is 2.33. The second-order valence-corrected chi connectivity index (χ2v) is 10.1. The SMILES string of the molecule is CC(C)(C)Cc1nc(-c2ccc(C(=O)N3CCN(c4nc5nc(C(F)(F)F)ccc5o4)CC3)cc2)no1. The number of nitrogens with zero attached hydrogens (tertiary/aromatic N) is 6. The third kappa shape index (κ3) is 5.42. The van der Waals surface area contributed by atoms with Gasteiger partial charge in [0.2, 0.25) is 17.4 Å². The number of piperazine rings is 1. The molecule has 0 radical (unpaired) electrons. The quantitative estimate of drug-likeness (QED) is 0.381. The fourth-order valence-corrected chi connectivity index (χ4v) is 4.04. The van der Waals surface area contributed by atoms with Crippen LogP contribution >= 0.6 is 0 Å². The molecule has 1 saturated heterocycles. The summed E-state index contributed by atoms with van der Waals surface area (Å²) in [6.07, 6.45) is -3.89. The van der Waals surface area contributed by atoms with Gasteiger partial charge in [-0.25, -0.2) is 4.98 Å². The van der Waals surface area contributed by atoms with E-state index in [1.54, 1.807) is 34.1 Å². The monoisotopic (exact) mass is 514 g/mol. The lowest BCUT2D eigenvalue weighted by Crippen LogP contribution is -2.48. The molecular weight excluding hydrogens is 489 g/mol. The molecule has 4 aromatic rings. The number of pyridine rings is 1. The van der Waals surface area contributed by atoms with Gasteiger partial charge in [0.15, 0.2) is 5.58 Å². The Morgan fingerprint density at radius 3 is 2.30 bits per heavy atom. The van der Waals surface area contributed by atoms with Crippen molar-refractivity contribution >= 4 is 23.2 Å². The molecule has 1 aliphatic heterocycles. The van der Waals surface area contributed by atoms with Crippen molar-refractivity contribution < 1.29 is 26.9 Å². The molecule has 0 unspecified atom stereocenters. The molecule has 1 aliphatic rings. The number of alkyl halides is 3. The van der Waals surface area contributed by atoms with Crippen molar-refractivity contribution in [2.75, 3.05) is 31.1 Å². The number of hydrogen-bond acceptors (Lipinski definition) is 8. The Bertz CT molecular complexity index is 1410. The van der Waals surface area contributed by atoms with Crippen LogP contribution < -0.4 is 4.90 Å². The van der Waals surface area contributed by atoms with Gasteiger partial charge in [0.25, 0.3) is 11.9 Å². The molecule has 3 aromatic heterocycles. The van der Waals surface area contributed by atoms with E-state index >= 15 is 0 Å². The fourth-order valence-electron chi connectivity index (χ4n) is 4.04. The van der Waals surface area contributed by atoms with E-state index in [-0.39, 0.29) is 28.6 Å². The molecule has 1 amide bonds. The minimum absolute atomic E-state index is 0.0259. The van der Waals surface area contributed by atoms with Crippen LogP contribution in [0.1, 0.15) is 42.7 Å². The van der Waals surface area contributed by atoms with Crippen LogP contribution in [0.25, 0.3) is 22.6 Å². The maximum absolute atomic E-state index is 13.0. The molecule has 0 bridgehead atoms. The third-order valence-corrected chi connectivity index (χ3v) is 5.91. The first-order chi connectivity index (χ1) is 17.5. The first kappa shape index (κ1) is 24.7. The first-order valence-electron chi connectivity index (χ1n) is 11.8. The Balaban J connectivity index is 1.21. The lowest BCUT2D eigenvalue weighted by atomic mass is 9.92. The molecular formula is C25H25F3N6O3. The number of benzene rings is 1. The van der Waals surface area contributed by atoms with Gasteiger partial charge in [-0.05, 0) is 29.7 Å². The van der Waals surface area contributed by atoms with Crippen molar-refractivity contribution in [3.8, 4) is 11.4 Å². The minimum atomic E-state index is -4.56. The van der Waals surface area contributed by atoms with Gasteiger partial charge in [-0.15, -0.1) is 0 Å². The molecule has 0 atom stereocenters. The lowest BCUT2D eigenvalue weighted by Gasteiger charge is -2.33. The van der Waals surface area contributed by atoms with Crippen molar-refractivity contribution in [3.05, 3.63) is 53.5 Å². The second kappa shape index (κ2) is 9.16. The van der Waals surface area contributed by atoms with Gasteiger partial charge in [-0.2, -0.15) is 23.1 Å². The molecule has 12 heteroatoms. The van der Waals surface area contributed by atoms with Crippen molar-refractivity contribution in [2.24, 2.45) is 5.41 Å². The van der Waals surface area contributed by atoms with E-state index in [4.69, 9.17) is 8.94 Å². The summed E-state index contributed by atoms with van der Waals surface area (Å²) < 4.78 is 49.7. The van der Waals surface area contributed by atoms with E-state index < -0.39 is 11.9 Å². The van der Waals surface area contributed by atoms with Gasteiger partial charge < -0.3 is 18.7 Å². The van der Waals surface area contributed by atoms with E-state index in [1.165, 1.54) is 6.07 Å². The highest BCUT2D eigenvalue weighted by molar-refractivity contribution is 5.94. The molecule has 0 saturated carbocycles. The molecule has 9 nitrogen and oxygen atoms in total. The van der Waals surface area contributed by atoms with Crippen LogP contribution in [0.15, 0.2) is 45.3 Å². The van der Waals surface area contributed by atoms with E-state index in [0.29, 0.717) is 49.9 Å². The van der Waals surface area contributed by atoms with Crippen LogP contribution in [-0.2, 0) is 12.6 Å². The molecule has 1 aromatic carbocycles. The van der Waals surface area contributed by atoms with E-state index in [2.05, 4.69) is 40.9 Å². The topological polar surface area (TPSA) is 101 Å². The summed E-state index contributed by atoms with van der Waals surface area (Å²) in [5.74, 6) is 0.917. The standard InChI is InChI=1S/C25H25F3N6O3/c1-24(2,3)14-19-30-20(32-37-19)15-4-6-16(7-5-15)22(35)33-10-12-34(13-11-33)23-31-21-17(36-23)8-9-18(29-21)25(26,27)28/h4-9H,10-14H2,1-3H3. The number of rotatable bonds is 4. The van der Waals surface area contributed by atoms with Crippen molar-refractivity contribution in [2.45, 2.75) is 33.4 Å². The molecule has 0 spiro atoms. The first-order valence-corrected chi connectivity index (χ1v) is 11.8. The maximum Gasteiger partial charge on any atom is 0.433 e. The Morgan fingerprint density at radius 2 is 1.65 bits per heavy atom. The van der Waals surface area contributed by atoms with Crippen molar-refractivity contribution in [1.82, 2.24) is 25.0 Å². The van der Waals surface area contributed by atoms with Gasteiger partial charge >= 0.3 is 6.18 Å². The Labute approximate surface area is 210 Å². The largest absolute Gasteiger partial charge is 0.433 e. The predicted molar refractivity (Wildman–Crippen MR) is 128 cm³/mol. The van der Waals surface area contributed by atoms with Crippen LogP contribution in [0, 0.1) is 5.41 Å². The number of halogens is 3. The maximum atomic E-state index is 13.0. The van der Waals surface area contributed by atoms with Gasteiger partial charge in [-0.1, -0.05) is 38.1 Å². The fraction of sp³-hybridized carbons (Fsp3) is 0.400. The molecule has 37 heavy (non-hydrogen) atoms. The molecule has 4 heterocycles. The van der Waals surface area contributed by atoms with Gasteiger partial charge in [0.1, 0.15) is 5.69 Å². The van der Waals surface area contributed by atoms with Crippen molar-refractivity contribution in [3.63, 3.8) is 0 Å². The van der Waals surface area contributed by atoms with E-state index in [9.17, 15) is 18.0 Å². The average molecular weight is 515 g/mol. The molecule has 1 fully saturated rings. The highest BCUT2D eigenvalue weighted by Crippen LogP contribution is 2.30. The number of fused-ring (bicyclic) bond motifs is 1. The summed E-state index contributed by atoms with van der Waals surface area (Å²) in [4.78, 5) is 28.6. The van der Waals surface area contributed by atoms with Crippen LogP contribution in [0.4, 0.5) is 19.2 Å². The van der Waals surface area contributed by atoms with Crippen LogP contribution in [-0.4, -0.2) is 57.1 Å². The highest BCUT2D eigenvalue weighted by atomic mass is 19.4. The normalized spacial score (nSPS) is 15.0. The number of anilines is 1. The zero-order valence-corrected chi connectivity index (χ0v) is 20.5. The Morgan fingerprint density at radius 1 is 0.946 bits per heavy atom. The number of carbonyl (C=O) groups is 1. The molecule has 0 aliphatic carbocycles. The summed E-state index contributed by atoms with van der Waals surface area (Å²) in [6.45, 7) is 7.92. The van der Waals surface area contributed by atoms with Gasteiger partial charge in [0.05, 0.1) is 0 Å². The Kier molecular flexibility index (Phi) is 6.12. The number of hydrogen-bond donors (Lipinski definition) is 0. The zero-order chi connectivity index (χ0) is 26.4. The molecule has 0 N–H and O–H groups in total. The molecule has 5 rings (SSSR count). The number of amides is 1. The summed E-state index contributed by atoms with van der Waals surface area (Å²) in [5, 5.41) is 4.04. The van der Waals surface area contributed by atoms with Crippen molar-refractivity contribution in [1.29, 1.82) is 0 Å². The van der Waals surface area contributed by atoms with Gasteiger partial charge in [0, 0.05) is 43.7 Å². The number of aromatic nitrogens is 4. The summed E-state index contributed by atoms with van der Waals surface area (Å²) in [7, 11) is 0. The predicted octanol–water partition coefficient (Wildman–Crippen LogP) is 4.84. The summed E-state index contributed by atoms with van der Waals surface area (Å²) in [5.41, 5.74) is 0.359. The average Bonchev–Trinajstić information content (AvgIpc) is 3.49. The van der Waals surface area contributed by atoms with Crippen LogP contribution in [0.3, 0.4) is 0 Å². The minimum Gasteiger partial charge on any atom is -0.422 e. The number of carbonyl (C=O) groups excluding carboxylic acids is 1. The second-order valence-electron chi connectivity index (χ2n) is 10.1. The smallest absolute Gasteiger partial charge is 0.422 e.